The third-order valence-electron chi connectivity index (χ3n) is 2.21. The van der Waals surface area contributed by atoms with Gasteiger partial charge in [-0.2, -0.15) is 0 Å². The summed E-state index contributed by atoms with van der Waals surface area (Å²) in [7, 11) is 0. The van der Waals surface area contributed by atoms with Crippen molar-refractivity contribution in [1.82, 2.24) is 5.32 Å². The van der Waals surface area contributed by atoms with Crippen LogP contribution in [0.2, 0.25) is 5.02 Å². The van der Waals surface area contributed by atoms with Crippen LogP contribution in [0.5, 0.6) is 0 Å². The van der Waals surface area contributed by atoms with Gasteiger partial charge >= 0.3 is 0 Å². The zero-order valence-electron chi connectivity index (χ0n) is 8.81. The fourth-order valence-corrected chi connectivity index (χ4v) is 2.62. The summed E-state index contributed by atoms with van der Waals surface area (Å²) < 4.78 is 0. The van der Waals surface area contributed by atoms with Gasteiger partial charge < -0.3 is 5.32 Å². The number of nitrogens with one attached hydrogen (secondary N) is 1. The predicted octanol–water partition coefficient (Wildman–Crippen LogP) is 3.62. The van der Waals surface area contributed by atoms with Crippen molar-refractivity contribution in [3.8, 4) is 0 Å². The molecule has 0 fully saturated rings. The number of amides is 1. The van der Waals surface area contributed by atoms with Crippen LogP contribution in [0, 0.1) is 0 Å². The monoisotopic (exact) mass is 283 g/mol. The lowest BCUT2D eigenvalue weighted by molar-refractivity contribution is 0.0955. The lowest BCUT2D eigenvalue weighted by Gasteiger charge is -2.05. The smallest absolute Gasteiger partial charge is 0.261 e. The molecule has 0 saturated carbocycles. The van der Waals surface area contributed by atoms with Crippen LogP contribution < -0.4 is 5.32 Å². The minimum atomic E-state index is -0.102. The normalized spacial score (nSPS) is 10.2. The maximum absolute atomic E-state index is 11.8. The van der Waals surface area contributed by atoms with Crippen molar-refractivity contribution < 1.29 is 4.79 Å². The van der Waals surface area contributed by atoms with Gasteiger partial charge in [0, 0.05) is 21.8 Å². The second kappa shape index (κ2) is 5.58. The number of benzene rings is 1. The van der Waals surface area contributed by atoms with Gasteiger partial charge in [0.1, 0.15) is 0 Å². The molecule has 2 rings (SSSR count). The molecular formula is C12H10ClNOS2. The van der Waals surface area contributed by atoms with Crippen molar-refractivity contribution in [3.63, 3.8) is 0 Å². The Morgan fingerprint density at radius 1 is 1.41 bits per heavy atom. The molecule has 2 nitrogen and oxygen atoms in total. The highest BCUT2D eigenvalue weighted by Crippen LogP contribution is 2.18. The van der Waals surface area contributed by atoms with Crippen LogP contribution in [-0.2, 0) is 6.54 Å². The Bertz CT molecular complexity index is 539. The van der Waals surface area contributed by atoms with E-state index in [2.05, 4.69) is 17.9 Å². The maximum atomic E-state index is 11.8. The van der Waals surface area contributed by atoms with E-state index in [0.29, 0.717) is 16.4 Å². The quantitative estimate of drug-likeness (QED) is 0.828. The third-order valence-corrected chi connectivity index (χ3v) is 3.94. The van der Waals surface area contributed by atoms with E-state index in [9.17, 15) is 4.79 Å². The highest BCUT2D eigenvalue weighted by molar-refractivity contribution is 7.80. The Morgan fingerprint density at radius 2 is 2.18 bits per heavy atom. The SMILES string of the molecule is O=C(NCc1ccccc1Cl)c1cc(S)cs1. The van der Waals surface area contributed by atoms with Crippen molar-refractivity contribution >= 4 is 41.5 Å². The minimum absolute atomic E-state index is 0.102. The van der Waals surface area contributed by atoms with Gasteiger partial charge in [0.25, 0.3) is 5.91 Å². The van der Waals surface area contributed by atoms with E-state index in [1.54, 1.807) is 12.1 Å². The molecule has 0 aliphatic rings. The van der Waals surface area contributed by atoms with Crippen molar-refractivity contribution in [1.29, 1.82) is 0 Å². The van der Waals surface area contributed by atoms with E-state index in [-0.39, 0.29) is 5.91 Å². The molecule has 0 bridgehead atoms. The first-order chi connectivity index (χ1) is 8.16. The largest absolute Gasteiger partial charge is 0.347 e. The molecule has 2 aromatic rings. The summed E-state index contributed by atoms with van der Waals surface area (Å²) in [6.07, 6.45) is 0. The average molecular weight is 284 g/mol. The van der Waals surface area contributed by atoms with E-state index in [1.807, 2.05) is 23.6 Å². The zero-order valence-corrected chi connectivity index (χ0v) is 11.3. The van der Waals surface area contributed by atoms with Crippen LogP contribution in [0.4, 0.5) is 0 Å². The Balaban J connectivity index is 1.99. The minimum Gasteiger partial charge on any atom is -0.347 e. The molecule has 1 N–H and O–H groups in total. The van der Waals surface area contributed by atoms with Gasteiger partial charge in [-0.15, -0.1) is 24.0 Å². The number of hydrogen-bond acceptors (Lipinski definition) is 3. The molecule has 1 aromatic carbocycles. The number of halogens is 1. The zero-order chi connectivity index (χ0) is 12.3. The maximum Gasteiger partial charge on any atom is 0.261 e. The number of thiophene rings is 1. The first kappa shape index (κ1) is 12.5. The van der Waals surface area contributed by atoms with Gasteiger partial charge in [-0.05, 0) is 17.7 Å². The molecule has 0 saturated heterocycles. The van der Waals surface area contributed by atoms with E-state index < -0.39 is 0 Å². The van der Waals surface area contributed by atoms with Crippen LogP contribution in [0.3, 0.4) is 0 Å². The fraction of sp³-hybridized carbons (Fsp3) is 0.0833. The predicted molar refractivity (Wildman–Crippen MR) is 74.2 cm³/mol. The van der Waals surface area contributed by atoms with Gasteiger partial charge in [0.2, 0.25) is 0 Å². The fourth-order valence-electron chi connectivity index (χ4n) is 1.35. The molecule has 0 spiro atoms. The second-order valence-corrected chi connectivity index (χ2v) is 5.28. The van der Waals surface area contributed by atoms with Crippen LogP contribution in [-0.4, -0.2) is 5.91 Å². The number of rotatable bonds is 3. The van der Waals surface area contributed by atoms with Gasteiger partial charge in [0.05, 0.1) is 4.88 Å². The van der Waals surface area contributed by atoms with Crippen molar-refractivity contribution in [2.45, 2.75) is 11.4 Å². The lowest BCUT2D eigenvalue weighted by atomic mass is 10.2. The molecule has 17 heavy (non-hydrogen) atoms. The summed E-state index contributed by atoms with van der Waals surface area (Å²) >= 11 is 11.5. The van der Waals surface area contributed by atoms with Crippen LogP contribution in [0.1, 0.15) is 15.2 Å². The molecule has 0 aliphatic carbocycles. The van der Waals surface area contributed by atoms with Crippen LogP contribution in [0.15, 0.2) is 40.6 Å². The molecule has 1 aromatic heterocycles. The second-order valence-electron chi connectivity index (χ2n) is 3.44. The lowest BCUT2D eigenvalue weighted by Crippen LogP contribution is -2.21. The Labute approximate surface area is 114 Å². The highest BCUT2D eigenvalue weighted by Gasteiger charge is 2.08. The van der Waals surface area contributed by atoms with E-state index in [0.717, 1.165) is 10.5 Å². The molecule has 0 radical (unpaired) electrons. The summed E-state index contributed by atoms with van der Waals surface area (Å²) in [5, 5.41) is 5.31. The van der Waals surface area contributed by atoms with Gasteiger partial charge in [-0.1, -0.05) is 29.8 Å². The summed E-state index contributed by atoms with van der Waals surface area (Å²) in [4.78, 5) is 13.2. The average Bonchev–Trinajstić information content (AvgIpc) is 2.74. The van der Waals surface area contributed by atoms with E-state index in [4.69, 9.17) is 11.6 Å². The Hall–Kier alpha value is -0.970. The summed E-state index contributed by atoms with van der Waals surface area (Å²) in [5.74, 6) is -0.102. The molecular weight excluding hydrogens is 274 g/mol. The number of carbonyl (C=O) groups is 1. The number of thiol groups is 1. The topological polar surface area (TPSA) is 29.1 Å². The van der Waals surface area contributed by atoms with E-state index in [1.165, 1.54) is 11.3 Å². The Morgan fingerprint density at radius 3 is 2.82 bits per heavy atom. The molecule has 0 atom stereocenters. The summed E-state index contributed by atoms with van der Waals surface area (Å²) in [6.45, 7) is 0.429. The van der Waals surface area contributed by atoms with Gasteiger partial charge in [-0.3, -0.25) is 4.79 Å². The van der Waals surface area contributed by atoms with Crippen molar-refractivity contribution in [2.75, 3.05) is 0 Å². The molecule has 1 heterocycles. The Kier molecular flexibility index (Phi) is 4.10. The number of carbonyl (C=O) groups excluding carboxylic acids is 1. The van der Waals surface area contributed by atoms with Crippen LogP contribution >= 0.6 is 35.6 Å². The molecule has 0 aliphatic heterocycles. The first-order valence-corrected chi connectivity index (χ1v) is 6.66. The number of hydrogen-bond donors (Lipinski definition) is 2. The molecule has 0 unspecified atom stereocenters. The standard InChI is InChI=1S/C12H10ClNOS2/c13-10-4-2-1-3-8(10)6-14-12(15)11-5-9(16)7-17-11/h1-5,7,16H,6H2,(H,14,15). The summed E-state index contributed by atoms with van der Waals surface area (Å²) in [5.41, 5.74) is 0.908. The van der Waals surface area contributed by atoms with Crippen molar-refractivity contribution in [2.24, 2.45) is 0 Å². The van der Waals surface area contributed by atoms with E-state index >= 15 is 0 Å². The van der Waals surface area contributed by atoms with Gasteiger partial charge in [-0.25, -0.2) is 0 Å². The molecule has 88 valence electrons. The molecule has 1 amide bonds. The van der Waals surface area contributed by atoms with Crippen LogP contribution in [0.25, 0.3) is 0 Å². The third kappa shape index (κ3) is 3.25. The first-order valence-electron chi connectivity index (χ1n) is 4.96. The molecule has 5 heteroatoms. The highest BCUT2D eigenvalue weighted by atomic mass is 35.5. The van der Waals surface area contributed by atoms with Crippen molar-refractivity contribution in [3.05, 3.63) is 51.2 Å². The summed E-state index contributed by atoms with van der Waals surface area (Å²) in [6, 6.07) is 9.20. The van der Waals surface area contributed by atoms with Gasteiger partial charge in [0.15, 0.2) is 0 Å².